The van der Waals surface area contributed by atoms with Crippen molar-refractivity contribution in [1.82, 2.24) is 24.9 Å². The van der Waals surface area contributed by atoms with Gasteiger partial charge in [-0.25, -0.2) is 15.0 Å². The van der Waals surface area contributed by atoms with Crippen molar-refractivity contribution in [2.75, 3.05) is 5.32 Å². The van der Waals surface area contributed by atoms with Crippen LogP contribution in [0.25, 0.3) is 22.2 Å². The number of halogens is 1. The van der Waals surface area contributed by atoms with E-state index in [-0.39, 0.29) is 0 Å². The number of nitrogens with one attached hydrogen (secondary N) is 2. The van der Waals surface area contributed by atoms with Crippen LogP contribution in [-0.2, 0) is 6.54 Å². The van der Waals surface area contributed by atoms with Gasteiger partial charge in [0.25, 0.3) is 0 Å². The van der Waals surface area contributed by atoms with Crippen LogP contribution >= 0.6 is 11.6 Å². The van der Waals surface area contributed by atoms with Crippen molar-refractivity contribution in [2.45, 2.75) is 6.54 Å². The lowest BCUT2D eigenvalue weighted by molar-refractivity contribution is 0.455. The number of aromatic amines is 1. The van der Waals surface area contributed by atoms with E-state index in [9.17, 15) is 0 Å². The lowest BCUT2D eigenvalue weighted by atomic mass is 10.1. The van der Waals surface area contributed by atoms with Crippen LogP contribution in [0, 0.1) is 0 Å². The van der Waals surface area contributed by atoms with Gasteiger partial charge in [0.1, 0.15) is 22.4 Å². The third-order valence-corrected chi connectivity index (χ3v) is 4.91. The summed E-state index contributed by atoms with van der Waals surface area (Å²) in [4.78, 5) is 20.4. The Morgan fingerprint density at radius 3 is 2.77 bits per heavy atom. The van der Waals surface area contributed by atoms with Crippen molar-refractivity contribution in [1.29, 1.82) is 0 Å². The molecule has 8 heteroatoms. The normalized spacial score (nSPS) is 10.9. The molecule has 0 spiro atoms. The van der Waals surface area contributed by atoms with Crippen LogP contribution in [0.5, 0.6) is 11.6 Å². The SMILES string of the molecule is Clc1cc(-c2c[nH]c3ncccc23)cc(NCc2cccnc2Oc2cccnc2)n1. The van der Waals surface area contributed by atoms with E-state index in [0.29, 0.717) is 29.1 Å². The predicted molar refractivity (Wildman–Crippen MR) is 120 cm³/mol. The minimum absolute atomic E-state index is 0.399. The summed E-state index contributed by atoms with van der Waals surface area (Å²) in [5, 5.41) is 4.74. The Kier molecular flexibility index (Phi) is 5.16. The molecule has 5 aromatic heterocycles. The average molecular weight is 429 g/mol. The molecule has 0 aliphatic rings. The van der Waals surface area contributed by atoms with Crippen molar-refractivity contribution < 1.29 is 4.74 Å². The van der Waals surface area contributed by atoms with Crippen molar-refractivity contribution in [3.8, 4) is 22.8 Å². The first-order valence-electron chi connectivity index (χ1n) is 9.62. The Hall–Kier alpha value is -3.97. The summed E-state index contributed by atoms with van der Waals surface area (Å²) in [7, 11) is 0. The number of ether oxygens (including phenoxy) is 1. The third kappa shape index (κ3) is 4.17. The maximum absolute atomic E-state index is 6.32. The Morgan fingerprint density at radius 1 is 1.00 bits per heavy atom. The molecule has 0 amide bonds. The molecule has 0 unspecified atom stereocenters. The molecule has 0 bridgehead atoms. The number of hydrogen-bond donors (Lipinski definition) is 2. The zero-order chi connectivity index (χ0) is 21.0. The van der Waals surface area contributed by atoms with Crippen LogP contribution in [0.1, 0.15) is 5.56 Å². The molecule has 5 rings (SSSR count). The molecule has 0 aliphatic carbocycles. The van der Waals surface area contributed by atoms with Gasteiger partial charge in [-0.1, -0.05) is 17.7 Å². The third-order valence-electron chi connectivity index (χ3n) is 4.72. The molecule has 0 aromatic carbocycles. The monoisotopic (exact) mass is 428 g/mol. The van der Waals surface area contributed by atoms with Crippen molar-refractivity contribution in [3.63, 3.8) is 0 Å². The highest BCUT2D eigenvalue weighted by Gasteiger charge is 2.11. The molecule has 5 heterocycles. The quantitative estimate of drug-likeness (QED) is 0.348. The molecule has 5 aromatic rings. The number of nitrogens with zero attached hydrogens (tertiary/aromatic N) is 4. The van der Waals surface area contributed by atoms with E-state index in [2.05, 4.69) is 30.2 Å². The van der Waals surface area contributed by atoms with Gasteiger partial charge in [0.15, 0.2) is 0 Å². The van der Waals surface area contributed by atoms with Gasteiger partial charge in [0, 0.05) is 47.8 Å². The highest BCUT2D eigenvalue weighted by molar-refractivity contribution is 6.29. The van der Waals surface area contributed by atoms with Gasteiger partial charge in [-0.05, 0) is 48.0 Å². The Balaban J connectivity index is 1.39. The predicted octanol–water partition coefficient (Wildman–Crippen LogP) is 5.47. The number of H-pyrrole nitrogens is 1. The summed E-state index contributed by atoms with van der Waals surface area (Å²) in [6.07, 6.45) is 8.71. The average Bonchev–Trinajstić information content (AvgIpc) is 3.23. The van der Waals surface area contributed by atoms with E-state index >= 15 is 0 Å². The van der Waals surface area contributed by atoms with Gasteiger partial charge in [0.05, 0.1) is 6.20 Å². The summed E-state index contributed by atoms with van der Waals surface area (Å²) in [6.45, 7) is 0.464. The zero-order valence-corrected chi connectivity index (χ0v) is 17.0. The van der Waals surface area contributed by atoms with Crippen LogP contribution in [0.4, 0.5) is 5.82 Å². The summed E-state index contributed by atoms with van der Waals surface area (Å²) in [6, 6.07) is 15.2. The van der Waals surface area contributed by atoms with Gasteiger partial charge in [-0.15, -0.1) is 0 Å². The second-order valence-electron chi connectivity index (χ2n) is 6.78. The largest absolute Gasteiger partial charge is 0.437 e. The molecule has 152 valence electrons. The molecule has 7 nitrogen and oxygen atoms in total. The first-order chi connectivity index (χ1) is 15.3. The molecule has 0 atom stereocenters. The second kappa shape index (κ2) is 8.41. The lowest BCUT2D eigenvalue weighted by Crippen LogP contribution is -2.04. The Bertz CT molecular complexity index is 1340. The minimum Gasteiger partial charge on any atom is -0.437 e. The maximum atomic E-state index is 6.32. The zero-order valence-electron chi connectivity index (χ0n) is 16.3. The smallest absolute Gasteiger partial charge is 0.224 e. The van der Waals surface area contributed by atoms with Crippen LogP contribution in [0.15, 0.2) is 79.5 Å². The molecule has 0 aliphatic heterocycles. The molecule has 0 fully saturated rings. The summed E-state index contributed by atoms with van der Waals surface area (Å²) in [5.74, 6) is 1.78. The molecule has 0 saturated carbocycles. The molecular weight excluding hydrogens is 412 g/mol. The molecule has 31 heavy (non-hydrogen) atoms. The number of rotatable bonds is 6. The lowest BCUT2D eigenvalue weighted by Gasteiger charge is -2.12. The van der Waals surface area contributed by atoms with E-state index in [1.807, 2.05) is 54.7 Å². The highest BCUT2D eigenvalue weighted by Crippen LogP contribution is 2.31. The first kappa shape index (κ1) is 19.0. The van der Waals surface area contributed by atoms with E-state index in [4.69, 9.17) is 16.3 Å². The van der Waals surface area contributed by atoms with Crippen LogP contribution < -0.4 is 10.1 Å². The fourth-order valence-corrected chi connectivity index (χ4v) is 3.50. The number of anilines is 1. The summed E-state index contributed by atoms with van der Waals surface area (Å²) in [5.41, 5.74) is 3.66. The number of pyridine rings is 4. The summed E-state index contributed by atoms with van der Waals surface area (Å²) >= 11 is 6.32. The highest BCUT2D eigenvalue weighted by atomic mass is 35.5. The van der Waals surface area contributed by atoms with Crippen LogP contribution in [0.2, 0.25) is 5.15 Å². The number of fused-ring (bicyclic) bond motifs is 1. The summed E-state index contributed by atoms with van der Waals surface area (Å²) < 4.78 is 5.88. The molecular formula is C23H17ClN6O. The van der Waals surface area contributed by atoms with E-state index < -0.39 is 0 Å². The van der Waals surface area contributed by atoms with Gasteiger partial charge in [-0.3, -0.25) is 4.98 Å². The Morgan fingerprint density at radius 2 is 1.87 bits per heavy atom. The van der Waals surface area contributed by atoms with Crippen molar-refractivity contribution in [3.05, 3.63) is 90.2 Å². The van der Waals surface area contributed by atoms with Crippen molar-refractivity contribution in [2.24, 2.45) is 0 Å². The fourth-order valence-electron chi connectivity index (χ4n) is 3.29. The minimum atomic E-state index is 0.399. The van der Waals surface area contributed by atoms with E-state index in [1.54, 1.807) is 24.8 Å². The number of aromatic nitrogens is 5. The fraction of sp³-hybridized carbons (Fsp3) is 0.0435. The van der Waals surface area contributed by atoms with Gasteiger partial charge >= 0.3 is 0 Å². The van der Waals surface area contributed by atoms with Crippen LogP contribution in [-0.4, -0.2) is 24.9 Å². The molecule has 0 radical (unpaired) electrons. The molecule has 2 N–H and O–H groups in total. The van der Waals surface area contributed by atoms with E-state index in [0.717, 1.165) is 27.7 Å². The maximum Gasteiger partial charge on any atom is 0.224 e. The number of hydrogen-bond acceptors (Lipinski definition) is 6. The van der Waals surface area contributed by atoms with Gasteiger partial charge in [0.2, 0.25) is 5.88 Å². The second-order valence-corrected chi connectivity index (χ2v) is 7.16. The first-order valence-corrected chi connectivity index (χ1v) is 10.00. The van der Waals surface area contributed by atoms with Crippen LogP contribution in [0.3, 0.4) is 0 Å². The van der Waals surface area contributed by atoms with E-state index in [1.165, 1.54) is 0 Å². The Labute approximate surface area is 183 Å². The van der Waals surface area contributed by atoms with Crippen molar-refractivity contribution >= 4 is 28.5 Å². The van der Waals surface area contributed by atoms with Gasteiger partial charge < -0.3 is 15.0 Å². The topological polar surface area (TPSA) is 88.6 Å². The standard InChI is InChI=1S/C23H17ClN6O/c24-20-10-16(19-14-29-22-18(19)6-3-8-26-22)11-21(30-20)28-12-15-4-1-9-27-23(15)31-17-5-2-7-25-13-17/h1-11,13-14H,12H2,(H,26,29)(H,28,30). The van der Waals surface area contributed by atoms with Gasteiger partial charge in [-0.2, -0.15) is 0 Å². The molecule has 0 saturated heterocycles.